The quantitative estimate of drug-likeness (QED) is 0.550. The van der Waals surface area contributed by atoms with Gasteiger partial charge in [-0.05, 0) is 19.8 Å². The first-order valence-electron chi connectivity index (χ1n) is 4.83. The first-order valence-corrected chi connectivity index (χ1v) is 4.83. The zero-order valence-corrected chi connectivity index (χ0v) is 9.42. The molecule has 1 heterocycles. The SMILES string of the molecule is CC.CC1CCCO1.COC(C)=O. The minimum atomic E-state index is -0.245. The third-order valence-electron chi connectivity index (χ3n) is 1.44. The second-order valence-corrected chi connectivity index (χ2v) is 2.52. The maximum atomic E-state index is 9.59. The molecule has 0 amide bonds. The Balaban J connectivity index is 0. The molecule has 1 atom stereocenters. The maximum Gasteiger partial charge on any atom is 0.302 e. The predicted octanol–water partition coefficient (Wildman–Crippen LogP) is 2.39. The standard InChI is InChI=1S/C5H10O.C3H6O2.C2H6/c1-5-3-2-4-6-5;1-3(4)5-2;1-2/h5H,2-4H2,1H3;1-2H3;1-2H3. The molecule has 0 aliphatic carbocycles. The summed E-state index contributed by atoms with van der Waals surface area (Å²) in [6.45, 7) is 8.47. The van der Waals surface area contributed by atoms with Gasteiger partial charge in [-0.2, -0.15) is 0 Å². The number of ether oxygens (including phenoxy) is 2. The van der Waals surface area contributed by atoms with Crippen LogP contribution in [0.3, 0.4) is 0 Å². The number of esters is 1. The second-order valence-electron chi connectivity index (χ2n) is 2.52. The summed E-state index contributed by atoms with van der Waals surface area (Å²) in [4.78, 5) is 9.59. The van der Waals surface area contributed by atoms with Gasteiger partial charge >= 0.3 is 5.97 Å². The molecule has 0 aromatic carbocycles. The molecule has 1 unspecified atom stereocenters. The first-order chi connectivity index (χ1) is 6.16. The Morgan fingerprint density at radius 3 is 2.00 bits per heavy atom. The van der Waals surface area contributed by atoms with E-state index in [1.165, 1.54) is 26.9 Å². The zero-order valence-electron chi connectivity index (χ0n) is 9.42. The van der Waals surface area contributed by atoms with Gasteiger partial charge < -0.3 is 9.47 Å². The van der Waals surface area contributed by atoms with E-state index < -0.39 is 0 Å². The van der Waals surface area contributed by atoms with Gasteiger partial charge in [-0.1, -0.05) is 13.8 Å². The lowest BCUT2D eigenvalue weighted by Crippen LogP contribution is -1.94. The number of hydrogen-bond donors (Lipinski definition) is 0. The monoisotopic (exact) mass is 190 g/mol. The summed E-state index contributed by atoms with van der Waals surface area (Å²) in [7, 11) is 1.35. The fraction of sp³-hybridized carbons (Fsp3) is 0.900. The highest BCUT2D eigenvalue weighted by Crippen LogP contribution is 2.09. The van der Waals surface area contributed by atoms with Gasteiger partial charge in [0.1, 0.15) is 0 Å². The Kier molecular flexibility index (Phi) is 13.1. The third kappa shape index (κ3) is 14.3. The van der Waals surface area contributed by atoms with E-state index >= 15 is 0 Å². The van der Waals surface area contributed by atoms with E-state index in [-0.39, 0.29) is 5.97 Å². The summed E-state index contributed by atoms with van der Waals surface area (Å²) in [5.41, 5.74) is 0. The average molecular weight is 190 g/mol. The van der Waals surface area contributed by atoms with Gasteiger partial charge in [-0.25, -0.2) is 0 Å². The van der Waals surface area contributed by atoms with Crippen molar-refractivity contribution in [3.63, 3.8) is 0 Å². The minimum Gasteiger partial charge on any atom is -0.469 e. The van der Waals surface area contributed by atoms with E-state index in [9.17, 15) is 4.79 Å². The topological polar surface area (TPSA) is 35.5 Å². The summed E-state index contributed by atoms with van der Waals surface area (Å²) in [5, 5.41) is 0. The lowest BCUT2D eigenvalue weighted by Gasteiger charge is -1.94. The summed E-state index contributed by atoms with van der Waals surface area (Å²) < 4.78 is 9.26. The van der Waals surface area contributed by atoms with Crippen LogP contribution in [0.4, 0.5) is 0 Å². The van der Waals surface area contributed by atoms with Crippen LogP contribution >= 0.6 is 0 Å². The van der Waals surface area contributed by atoms with Gasteiger partial charge in [0, 0.05) is 13.5 Å². The van der Waals surface area contributed by atoms with Crippen molar-refractivity contribution in [1.82, 2.24) is 0 Å². The Labute approximate surface area is 81.4 Å². The lowest BCUT2D eigenvalue weighted by molar-refractivity contribution is -0.137. The molecule has 0 radical (unpaired) electrons. The van der Waals surface area contributed by atoms with Crippen LogP contribution in [0.2, 0.25) is 0 Å². The Morgan fingerprint density at radius 2 is 1.92 bits per heavy atom. The Hall–Kier alpha value is -0.570. The molecule has 3 nitrogen and oxygen atoms in total. The molecular formula is C10H22O3. The summed E-state index contributed by atoms with van der Waals surface area (Å²) in [6, 6.07) is 0. The van der Waals surface area contributed by atoms with Crippen molar-refractivity contribution in [2.75, 3.05) is 13.7 Å². The highest BCUT2D eigenvalue weighted by molar-refractivity contribution is 5.65. The van der Waals surface area contributed by atoms with Gasteiger partial charge in [0.25, 0.3) is 0 Å². The minimum absolute atomic E-state index is 0.245. The molecule has 0 spiro atoms. The highest BCUT2D eigenvalue weighted by atomic mass is 16.5. The molecule has 3 heteroatoms. The summed E-state index contributed by atoms with van der Waals surface area (Å²) in [5.74, 6) is -0.245. The average Bonchev–Trinajstić information content (AvgIpc) is 2.60. The van der Waals surface area contributed by atoms with E-state index in [2.05, 4.69) is 11.7 Å². The highest BCUT2D eigenvalue weighted by Gasteiger charge is 2.07. The number of carbonyl (C=O) groups is 1. The van der Waals surface area contributed by atoms with Crippen molar-refractivity contribution in [3.8, 4) is 0 Å². The maximum absolute atomic E-state index is 9.59. The molecule has 13 heavy (non-hydrogen) atoms. The Morgan fingerprint density at radius 1 is 1.46 bits per heavy atom. The smallest absolute Gasteiger partial charge is 0.302 e. The molecular weight excluding hydrogens is 168 g/mol. The van der Waals surface area contributed by atoms with Crippen LogP contribution in [-0.4, -0.2) is 25.8 Å². The normalized spacial score (nSPS) is 19.0. The fourth-order valence-electron chi connectivity index (χ4n) is 0.739. The molecule has 1 aliphatic heterocycles. The summed E-state index contributed by atoms with van der Waals surface area (Å²) in [6.07, 6.45) is 3.08. The van der Waals surface area contributed by atoms with Gasteiger partial charge in [-0.15, -0.1) is 0 Å². The molecule has 0 N–H and O–H groups in total. The zero-order chi connectivity index (χ0) is 10.7. The van der Waals surface area contributed by atoms with Crippen LogP contribution in [0.15, 0.2) is 0 Å². The van der Waals surface area contributed by atoms with Crippen molar-refractivity contribution in [2.24, 2.45) is 0 Å². The lowest BCUT2D eigenvalue weighted by atomic mass is 10.3. The molecule has 0 saturated carbocycles. The first kappa shape index (κ1) is 14.9. The summed E-state index contributed by atoms with van der Waals surface area (Å²) >= 11 is 0. The van der Waals surface area contributed by atoms with Gasteiger partial charge in [0.2, 0.25) is 0 Å². The Bertz CT molecular complexity index is 107. The van der Waals surface area contributed by atoms with E-state index in [4.69, 9.17) is 4.74 Å². The van der Waals surface area contributed by atoms with Crippen LogP contribution in [0, 0.1) is 0 Å². The van der Waals surface area contributed by atoms with Crippen LogP contribution in [0.5, 0.6) is 0 Å². The third-order valence-corrected chi connectivity index (χ3v) is 1.44. The van der Waals surface area contributed by atoms with Crippen LogP contribution in [-0.2, 0) is 14.3 Å². The molecule has 1 rings (SSSR count). The van der Waals surface area contributed by atoms with Crippen LogP contribution in [0.1, 0.15) is 40.5 Å². The van der Waals surface area contributed by atoms with E-state index in [0.29, 0.717) is 6.10 Å². The molecule has 0 aromatic heterocycles. The van der Waals surface area contributed by atoms with Gasteiger partial charge in [-0.3, -0.25) is 4.79 Å². The van der Waals surface area contributed by atoms with Crippen molar-refractivity contribution >= 4 is 5.97 Å². The molecule has 1 aliphatic rings. The number of carbonyl (C=O) groups excluding carboxylic acids is 1. The van der Waals surface area contributed by atoms with E-state index in [1.54, 1.807) is 0 Å². The number of rotatable bonds is 0. The molecule has 80 valence electrons. The molecule has 0 bridgehead atoms. The second kappa shape index (κ2) is 11.4. The number of hydrogen-bond acceptors (Lipinski definition) is 3. The molecule has 1 fully saturated rings. The van der Waals surface area contributed by atoms with Crippen LogP contribution < -0.4 is 0 Å². The predicted molar refractivity (Wildman–Crippen MR) is 53.7 cm³/mol. The fourth-order valence-corrected chi connectivity index (χ4v) is 0.739. The van der Waals surface area contributed by atoms with Crippen molar-refractivity contribution in [1.29, 1.82) is 0 Å². The van der Waals surface area contributed by atoms with Crippen molar-refractivity contribution in [2.45, 2.75) is 46.6 Å². The largest absolute Gasteiger partial charge is 0.469 e. The van der Waals surface area contributed by atoms with Gasteiger partial charge in [0.05, 0.1) is 13.2 Å². The van der Waals surface area contributed by atoms with E-state index in [1.807, 2.05) is 13.8 Å². The molecule has 0 aromatic rings. The van der Waals surface area contributed by atoms with Crippen molar-refractivity contribution in [3.05, 3.63) is 0 Å². The van der Waals surface area contributed by atoms with E-state index in [0.717, 1.165) is 6.61 Å². The van der Waals surface area contributed by atoms with Crippen LogP contribution in [0.25, 0.3) is 0 Å². The van der Waals surface area contributed by atoms with Gasteiger partial charge in [0.15, 0.2) is 0 Å². The molecule has 1 saturated heterocycles. The van der Waals surface area contributed by atoms with Crippen molar-refractivity contribution < 1.29 is 14.3 Å². The number of methoxy groups -OCH3 is 1.